The molecular formula is C13H27N3O. The number of hydrogen-bond donors (Lipinski definition) is 1. The van der Waals surface area contributed by atoms with Gasteiger partial charge in [0.25, 0.3) is 0 Å². The van der Waals surface area contributed by atoms with Crippen LogP contribution in [-0.2, 0) is 4.79 Å². The molecule has 1 saturated heterocycles. The Kier molecular flexibility index (Phi) is 5.40. The van der Waals surface area contributed by atoms with Gasteiger partial charge in [-0.2, -0.15) is 0 Å². The third-order valence-corrected chi connectivity index (χ3v) is 3.98. The molecule has 0 radical (unpaired) electrons. The lowest BCUT2D eigenvalue weighted by Crippen LogP contribution is -2.43. The number of likely N-dealkylation sites (N-methyl/N-ethyl adjacent to an activating group) is 1. The summed E-state index contributed by atoms with van der Waals surface area (Å²) in [6, 6.07) is 0.476. The Hall–Kier alpha value is -0.610. The van der Waals surface area contributed by atoms with Crippen LogP contribution < -0.4 is 5.73 Å². The molecule has 0 aliphatic carbocycles. The van der Waals surface area contributed by atoms with Crippen LogP contribution in [0, 0.1) is 5.92 Å². The van der Waals surface area contributed by atoms with E-state index >= 15 is 0 Å². The molecule has 0 aromatic heterocycles. The minimum Gasteiger partial charge on any atom is -0.341 e. The number of likely N-dealkylation sites (tertiary alicyclic amines) is 1. The summed E-state index contributed by atoms with van der Waals surface area (Å²) in [4.78, 5) is 16.6. The monoisotopic (exact) mass is 241 g/mol. The van der Waals surface area contributed by atoms with Gasteiger partial charge in [-0.3, -0.25) is 9.69 Å². The molecule has 3 unspecified atom stereocenters. The molecule has 1 fully saturated rings. The first-order valence-corrected chi connectivity index (χ1v) is 6.79. The van der Waals surface area contributed by atoms with Crippen LogP contribution in [0.25, 0.3) is 0 Å². The number of rotatable bonds is 5. The van der Waals surface area contributed by atoms with E-state index in [1.807, 2.05) is 18.7 Å². The number of carbonyl (C=O) groups is 1. The second-order valence-electron chi connectivity index (χ2n) is 5.10. The molecule has 3 atom stereocenters. The third-order valence-electron chi connectivity index (χ3n) is 3.98. The Labute approximate surface area is 105 Å². The second-order valence-corrected chi connectivity index (χ2v) is 5.10. The highest BCUT2D eigenvalue weighted by molar-refractivity contribution is 5.79. The van der Waals surface area contributed by atoms with E-state index in [4.69, 9.17) is 5.73 Å². The maximum atomic E-state index is 12.2. The van der Waals surface area contributed by atoms with Crippen molar-refractivity contribution >= 4 is 5.91 Å². The third kappa shape index (κ3) is 3.42. The first-order chi connectivity index (χ1) is 8.01. The average molecular weight is 241 g/mol. The maximum absolute atomic E-state index is 12.2. The van der Waals surface area contributed by atoms with Crippen LogP contribution in [0.15, 0.2) is 0 Å². The molecule has 0 saturated carbocycles. The Bertz CT molecular complexity index is 251. The van der Waals surface area contributed by atoms with Gasteiger partial charge in [-0.15, -0.1) is 0 Å². The van der Waals surface area contributed by atoms with E-state index in [2.05, 4.69) is 18.7 Å². The predicted molar refractivity (Wildman–Crippen MR) is 70.7 cm³/mol. The van der Waals surface area contributed by atoms with Gasteiger partial charge in [-0.25, -0.2) is 0 Å². The number of carbonyl (C=O) groups excluding carboxylic acids is 1. The van der Waals surface area contributed by atoms with E-state index in [1.54, 1.807) is 0 Å². The summed E-state index contributed by atoms with van der Waals surface area (Å²) in [7, 11) is 0. The minimum atomic E-state index is -0.0644. The lowest BCUT2D eigenvalue weighted by atomic mass is 10.0. The summed E-state index contributed by atoms with van der Waals surface area (Å²) in [5.74, 6) is 0.153. The number of hydrogen-bond acceptors (Lipinski definition) is 3. The zero-order valence-corrected chi connectivity index (χ0v) is 11.6. The van der Waals surface area contributed by atoms with E-state index in [1.165, 1.54) is 0 Å². The van der Waals surface area contributed by atoms with Crippen LogP contribution in [-0.4, -0.2) is 54.0 Å². The van der Waals surface area contributed by atoms with Crippen molar-refractivity contribution in [3.8, 4) is 0 Å². The fourth-order valence-corrected chi connectivity index (χ4v) is 2.49. The summed E-state index contributed by atoms with van der Waals surface area (Å²) in [6.45, 7) is 12.1. The van der Waals surface area contributed by atoms with Crippen molar-refractivity contribution in [2.75, 3.05) is 26.2 Å². The zero-order valence-electron chi connectivity index (χ0n) is 11.6. The van der Waals surface area contributed by atoms with Crippen LogP contribution >= 0.6 is 0 Å². The summed E-state index contributed by atoms with van der Waals surface area (Å²) in [5, 5.41) is 0. The van der Waals surface area contributed by atoms with E-state index < -0.39 is 0 Å². The molecule has 0 aromatic carbocycles. The lowest BCUT2D eigenvalue weighted by Gasteiger charge is -2.27. The van der Waals surface area contributed by atoms with Gasteiger partial charge in [0.1, 0.15) is 0 Å². The summed E-state index contributed by atoms with van der Waals surface area (Å²) in [5.41, 5.74) is 5.79. The molecule has 1 aliphatic rings. The van der Waals surface area contributed by atoms with Gasteiger partial charge in [-0.1, -0.05) is 20.8 Å². The fraction of sp³-hybridized carbons (Fsp3) is 0.923. The summed E-state index contributed by atoms with van der Waals surface area (Å²) < 4.78 is 0. The average Bonchev–Trinajstić information content (AvgIpc) is 2.78. The largest absolute Gasteiger partial charge is 0.341 e. The van der Waals surface area contributed by atoms with Crippen LogP contribution in [0.4, 0.5) is 0 Å². The van der Waals surface area contributed by atoms with Crippen molar-refractivity contribution < 1.29 is 4.79 Å². The molecule has 1 amide bonds. The summed E-state index contributed by atoms with van der Waals surface area (Å²) in [6.07, 6.45) is 1.10. The molecule has 100 valence electrons. The van der Waals surface area contributed by atoms with E-state index in [0.29, 0.717) is 6.04 Å². The normalized spacial score (nSPS) is 24.1. The molecular weight excluding hydrogens is 214 g/mol. The van der Waals surface area contributed by atoms with Crippen LogP contribution in [0.2, 0.25) is 0 Å². The number of amides is 1. The van der Waals surface area contributed by atoms with Crippen LogP contribution in [0.1, 0.15) is 34.1 Å². The van der Waals surface area contributed by atoms with E-state index in [9.17, 15) is 4.79 Å². The van der Waals surface area contributed by atoms with Gasteiger partial charge in [0.15, 0.2) is 0 Å². The molecule has 4 heteroatoms. The molecule has 1 aliphatic heterocycles. The van der Waals surface area contributed by atoms with E-state index in [0.717, 1.165) is 32.6 Å². The molecule has 4 nitrogen and oxygen atoms in total. The lowest BCUT2D eigenvalue weighted by molar-refractivity contribution is -0.134. The Morgan fingerprint density at radius 1 is 1.41 bits per heavy atom. The van der Waals surface area contributed by atoms with E-state index in [-0.39, 0.29) is 17.9 Å². The maximum Gasteiger partial charge on any atom is 0.227 e. The first-order valence-electron chi connectivity index (χ1n) is 6.79. The molecule has 1 heterocycles. The standard InChI is InChI=1S/C13H27N3O/c1-5-15(6-2)12-7-8-16(9-12)13(17)10(3)11(4)14/h10-12H,5-9,14H2,1-4H3. The van der Waals surface area contributed by atoms with Crippen molar-refractivity contribution in [2.45, 2.75) is 46.2 Å². The molecule has 0 bridgehead atoms. The van der Waals surface area contributed by atoms with Gasteiger partial charge in [0, 0.05) is 25.2 Å². The van der Waals surface area contributed by atoms with Gasteiger partial charge < -0.3 is 10.6 Å². The minimum absolute atomic E-state index is 0.0602. The molecule has 1 rings (SSSR count). The SMILES string of the molecule is CCN(CC)C1CCN(C(=O)C(C)C(C)N)C1. The molecule has 17 heavy (non-hydrogen) atoms. The van der Waals surface area contributed by atoms with Gasteiger partial charge in [0.05, 0.1) is 5.92 Å². The molecule has 0 spiro atoms. The quantitative estimate of drug-likeness (QED) is 0.778. The van der Waals surface area contributed by atoms with Gasteiger partial charge in [0.2, 0.25) is 5.91 Å². The first kappa shape index (κ1) is 14.5. The van der Waals surface area contributed by atoms with Crippen molar-refractivity contribution in [1.29, 1.82) is 0 Å². The highest BCUT2D eigenvalue weighted by Crippen LogP contribution is 2.18. The number of nitrogens with two attached hydrogens (primary N) is 1. The van der Waals surface area contributed by atoms with Gasteiger partial charge in [-0.05, 0) is 26.4 Å². The highest BCUT2D eigenvalue weighted by atomic mass is 16.2. The number of nitrogens with zero attached hydrogens (tertiary/aromatic N) is 2. The van der Waals surface area contributed by atoms with Crippen LogP contribution in [0.5, 0.6) is 0 Å². The topological polar surface area (TPSA) is 49.6 Å². The highest BCUT2D eigenvalue weighted by Gasteiger charge is 2.32. The van der Waals surface area contributed by atoms with Crippen molar-refractivity contribution in [2.24, 2.45) is 11.7 Å². The smallest absolute Gasteiger partial charge is 0.227 e. The predicted octanol–water partition coefficient (Wildman–Crippen LogP) is 0.912. The second kappa shape index (κ2) is 6.36. The van der Waals surface area contributed by atoms with Crippen molar-refractivity contribution in [3.63, 3.8) is 0 Å². The zero-order chi connectivity index (χ0) is 13.0. The Balaban J connectivity index is 2.52. The Morgan fingerprint density at radius 2 is 2.00 bits per heavy atom. The Morgan fingerprint density at radius 3 is 2.47 bits per heavy atom. The van der Waals surface area contributed by atoms with Gasteiger partial charge >= 0.3 is 0 Å². The van der Waals surface area contributed by atoms with Crippen molar-refractivity contribution in [1.82, 2.24) is 9.80 Å². The summed E-state index contributed by atoms with van der Waals surface area (Å²) >= 11 is 0. The van der Waals surface area contributed by atoms with Crippen LogP contribution in [0.3, 0.4) is 0 Å². The van der Waals surface area contributed by atoms with Crippen molar-refractivity contribution in [3.05, 3.63) is 0 Å². The molecule has 0 aromatic rings. The molecule has 2 N–H and O–H groups in total. The fourth-order valence-electron chi connectivity index (χ4n) is 2.49.